The van der Waals surface area contributed by atoms with Crippen LogP contribution in [0, 0.1) is 0 Å². The molecule has 0 aromatic heterocycles. The molecule has 1 aromatic rings. The van der Waals surface area contributed by atoms with Gasteiger partial charge in [-0.15, -0.1) is 0 Å². The molecule has 5 nitrogen and oxygen atoms in total. The summed E-state index contributed by atoms with van der Waals surface area (Å²) in [6.45, 7) is 0. The summed E-state index contributed by atoms with van der Waals surface area (Å²) >= 11 is 0. The van der Waals surface area contributed by atoms with Crippen molar-refractivity contribution in [2.75, 3.05) is 5.73 Å². The lowest BCUT2D eigenvalue weighted by Gasteiger charge is -2.16. The first kappa shape index (κ1) is 10.5. The van der Waals surface area contributed by atoms with Gasteiger partial charge < -0.3 is 21.7 Å². The number of benzene rings is 1. The molecule has 0 spiro atoms. The number of nitrogens with two attached hydrogens (primary N) is 2. The highest BCUT2D eigenvalue weighted by Crippen LogP contribution is 2.21. The molecular weight excluding hydrogens is 184 g/mol. The Bertz CT molecular complexity index is 341. The van der Waals surface area contributed by atoms with Crippen LogP contribution in [0.4, 0.5) is 5.69 Å². The summed E-state index contributed by atoms with van der Waals surface area (Å²) in [4.78, 5) is 10.5. The van der Waals surface area contributed by atoms with Gasteiger partial charge in [-0.25, -0.2) is 0 Å². The van der Waals surface area contributed by atoms with Crippen LogP contribution in [0.2, 0.25) is 0 Å². The fraction of sp³-hybridized carbons (Fsp3) is 0.222. The molecule has 0 saturated heterocycles. The Balaban J connectivity index is 2.94. The van der Waals surface area contributed by atoms with Gasteiger partial charge in [0.05, 0.1) is 0 Å². The minimum Gasteiger partial charge on any atom is -0.480 e. The topological polar surface area (TPSA) is 110 Å². The lowest BCUT2D eigenvalue weighted by molar-refractivity contribution is -0.141. The van der Waals surface area contributed by atoms with Crippen molar-refractivity contribution in [2.24, 2.45) is 5.73 Å². The van der Waals surface area contributed by atoms with Crippen LogP contribution in [-0.2, 0) is 4.79 Å². The third-order valence-electron chi connectivity index (χ3n) is 1.94. The molecule has 0 unspecified atom stereocenters. The van der Waals surface area contributed by atoms with Crippen molar-refractivity contribution in [3.63, 3.8) is 0 Å². The number of carboxylic acids is 1. The maximum absolute atomic E-state index is 10.5. The van der Waals surface area contributed by atoms with Gasteiger partial charge in [-0.05, 0) is 6.07 Å². The fourth-order valence-corrected chi connectivity index (χ4v) is 1.11. The molecule has 1 rings (SSSR count). The minimum absolute atomic E-state index is 0.330. The molecule has 14 heavy (non-hydrogen) atoms. The monoisotopic (exact) mass is 196 g/mol. The Hall–Kier alpha value is -1.59. The molecule has 76 valence electrons. The van der Waals surface area contributed by atoms with Crippen LogP contribution in [0.25, 0.3) is 0 Å². The van der Waals surface area contributed by atoms with E-state index in [1.54, 1.807) is 24.3 Å². The van der Waals surface area contributed by atoms with Crippen LogP contribution in [0.1, 0.15) is 11.7 Å². The normalized spacial score (nSPS) is 14.7. The summed E-state index contributed by atoms with van der Waals surface area (Å²) in [5.74, 6) is -1.26. The van der Waals surface area contributed by atoms with Gasteiger partial charge >= 0.3 is 5.97 Å². The number of aliphatic carboxylic acids is 1. The predicted octanol–water partition coefficient (Wildman–Crippen LogP) is -0.286. The minimum atomic E-state index is -1.36. The zero-order valence-electron chi connectivity index (χ0n) is 7.42. The van der Waals surface area contributed by atoms with Crippen molar-refractivity contribution in [1.29, 1.82) is 0 Å². The van der Waals surface area contributed by atoms with E-state index in [2.05, 4.69) is 0 Å². The van der Waals surface area contributed by atoms with Crippen molar-refractivity contribution in [3.05, 3.63) is 29.8 Å². The summed E-state index contributed by atoms with van der Waals surface area (Å²) < 4.78 is 0. The predicted molar refractivity (Wildman–Crippen MR) is 51.4 cm³/mol. The van der Waals surface area contributed by atoms with Crippen LogP contribution in [0.3, 0.4) is 0 Å². The Morgan fingerprint density at radius 2 is 1.93 bits per heavy atom. The van der Waals surface area contributed by atoms with Gasteiger partial charge in [0.25, 0.3) is 0 Å². The Labute approximate surface area is 81.0 Å². The van der Waals surface area contributed by atoms with E-state index in [-0.39, 0.29) is 0 Å². The fourth-order valence-electron chi connectivity index (χ4n) is 1.11. The van der Waals surface area contributed by atoms with Crippen molar-refractivity contribution >= 4 is 11.7 Å². The van der Waals surface area contributed by atoms with E-state index >= 15 is 0 Å². The highest BCUT2D eigenvalue weighted by molar-refractivity contribution is 5.74. The lowest BCUT2D eigenvalue weighted by atomic mass is 10.0. The van der Waals surface area contributed by atoms with Crippen molar-refractivity contribution in [2.45, 2.75) is 12.1 Å². The first-order valence-electron chi connectivity index (χ1n) is 4.05. The van der Waals surface area contributed by atoms with E-state index in [0.717, 1.165) is 0 Å². The summed E-state index contributed by atoms with van der Waals surface area (Å²) in [6.07, 6.45) is -1.28. The highest BCUT2D eigenvalue weighted by Gasteiger charge is 2.24. The maximum atomic E-state index is 10.5. The van der Waals surface area contributed by atoms with Gasteiger partial charge in [0.15, 0.2) is 0 Å². The number of nitrogen functional groups attached to an aromatic ring is 1. The molecular formula is C9H12N2O3. The SMILES string of the molecule is Nc1ccccc1[C@@H](O)[C@@H](N)C(=O)O. The summed E-state index contributed by atoms with van der Waals surface area (Å²) in [5.41, 5.74) is 11.5. The third-order valence-corrected chi connectivity index (χ3v) is 1.94. The summed E-state index contributed by atoms with van der Waals surface area (Å²) in [6, 6.07) is 5.11. The Morgan fingerprint density at radius 3 is 2.43 bits per heavy atom. The molecule has 2 atom stereocenters. The number of aliphatic hydroxyl groups is 1. The molecule has 0 aliphatic rings. The van der Waals surface area contributed by atoms with Crippen LogP contribution >= 0.6 is 0 Å². The molecule has 0 radical (unpaired) electrons. The van der Waals surface area contributed by atoms with Crippen molar-refractivity contribution in [1.82, 2.24) is 0 Å². The van der Waals surface area contributed by atoms with E-state index < -0.39 is 18.1 Å². The Kier molecular flexibility index (Phi) is 3.06. The van der Waals surface area contributed by atoms with Crippen LogP contribution < -0.4 is 11.5 Å². The average Bonchev–Trinajstić information content (AvgIpc) is 2.16. The van der Waals surface area contributed by atoms with E-state index in [0.29, 0.717) is 11.3 Å². The van der Waals surface area contributed by atoms with Crippen molar-refractivity contribution in [3.8, 4) is 0 Å². The maximum Gasteiger partial charge on any atom is 0.323 e. The van der Waals surface area contributed by atoms with E-state index in [9.17, 15) is 9.90 Å². The molecule has 1 aromatic carbocycles. The first-order chi connectivity index (χ1) is 6.54. The molecule has 0 saturated carbocycles. The third kappa shape index (κ3) is 2.01. The second kappa shape index (κ2) is 4.08. The average molecular weight is 196 g/mol. The molecule has 0 heterocycles. The number of rotatable bonds is 3. The number of aliphatic hydroxyl groups excluding tert-OH is 1. The van der Waals surface area contributed by atoms with E-state index in [4.69, 9.17) is 16.6 Å². The molecule has 0 bridgehead atoms. The molecule has 0 fully saturated rings. The molecule has 5 heteroatoms. The zero-order chi connectivity index (χ0) is 10.7. The number of para-hydroxylation sites is 1. The smallest absolute Gasteiger partial charge is 0.323 e. The Morgan fingerprint density at radius 1 is 1.36 bits per heavy atom. The lowest BCUT2D eigenvalue weighted by Crippen LogP contribution is -2.36. The van der Waals surface area contributed by atoms with Gasteiger partial charge in [-0.3, -0.25) is 4.79 Å². The van der Waals surface area contributed by atoms with E-state index in [1.807, 2.05) is 0 Å². The highest BCUT2D eigenvalue weighted by atomic mass is 16.4. The second-order valence-electron chi connectivity index (χ2n) is 2.94. The largest absolute Gasteiger partial charge is 0.480 e. The number of hydrogen-bond acceptors (Lipinski definition) is 4. The zero-order valence-corrected chi connectivity index (χ0v) is 7.42. The van der Waals surface area contributed by atoms with Crippen molar-refractivity contribution < 1.29 is 15.0 Å². The van der Waals surface area contributed by atoms with E-state index in [1.165, 1.54) is 0 Å². The number of carboxylic acid groups (broad SMARTS) is 1. The summed E-state index contributed by atoms with van der Waals surface area (Å²) in [7, 11) is 0. The van der Waals surface area contributed by atoms with Crippen LogP contribution in [-0.4, -0.2) is 22.2 Å². The molecule has 6 N–H and O–H groups in total. The van der Waals surface area contributed by atoms with Gasteiger partial charge in [0, 0.05) is 11.3 Å². The van der Waals surface area contributed by atoms with Crippen LogP contribution in [0.5, 0.6) is 0 Å². The van der Waals surface area contributed by atoms with Gasteiger partial charge in [0.1, 0.15) is 12.1 Å². The van der Waals surface area contributed by atoms with Crippen LogP contribution in [0.15, 0.2) is 24.3 Å². The number of anilines is 1. The standard InChI is InChI=1S/C9H12N2O3/c10-6-4-2-1-3-5(6)8(12)7(11)9(13)14/h1-4,7-8,12H,10-11H2,(H,13,14)/t7-,8-/m1/s1. The molecule has 0 aliphatic carbocycles. The van der Waals surface area contributed by atoms with Gasteiger partial charge in [-0.2, -0.15) is 0 Å². The molecule has 0 amide bonds. The second-order valence-corrected chi connectivity index (χ2v) is 2.94. The summed E-state index contributed by atoms with van der Waals surface area (Å²) in [5, 5.41) is 18.1. The number of carbonyl (C=O) groups is 1. The first-order valence-corrected chi connectivity index (χ1v) is 4.05. The quantitative estimate of drug-likeness (QED) is 0.497. The molecule has 0 aliphatic heterocycles. The van der Waals surface area contributed by atoms with Gasteiger partial charge in [0.2, 0.25) is 0 Å². The van der Waals surface area contributed by atoms with Gasteiger partial charge in [-0.1, -0.05) is 18.2 Å². The number of hydrogen-bond donors (Lipinski definition) is 4.